The molecule has 1 N–H and O–H groups in total. The van der Waals surface area contributed by atoms with Gasteiger partial charge in [0.05, 0.1) is 0 Å². The van der Waals surface area contributed by atoms with Crippen LogP contribution in [-0.2, 0) is 4.87 Å². The molecule has 0 aliphatic carbocycles. The fraction of sp³-hybridized carbons (Fsp3) is 0.167. The van der Waals surface area contributed by atoms with Gasteiger partial charge < -0.3 is 14.7 Å². The summed E-state index contributed by atoms with van der Waals surface area (Å²) in [7, 11) is 0. The summed E-state index contributed by atoms with van der Waals surface area (Å²) in [6, 6.07) is 14.4. The fourth-order valence-corrected chi connectivity index (χ4v) is 4.68. The molecule has 2 aliphatic rings. The summed E-state index contributed by atoms with van der Waals surface area (Å²) in [5.74, 6) is -1.09. The third kappa shape index (κ3) is 3.36. The van der Waals surface area contributed by atoms with Crippen molar-refractivity contribution in [1.82, 2.24) is 9.58 Å². The Balaban J connectivity index is 1.86. The van der Waals surface area contributed by atoms with Crippen molar-refractivity contribution in [2.75, 3.05) is 24.8 Å². The summed E-state index contributed by atoms with van der Waals surface area (Å²) < 4.78 is 21.8. The van der Waals surface area contributed by atoms with E-state index in [0.29, 0.717) is 16.9 Å². The van der Waals surface area contributed by atoms with E-state index in [0.717, 1.165) is 0 Å². The topological polar surface area (TPSA) is 75.0 Å². The van der Waals surface area contributed by atoms with Crippen LogP contribution in [0.5, 0.6) is 11.5 Å². The van der Waals surface area contributed by atoms with Crippen molar-refractivity contribution in [3.8, 4) is 11.5 Å². The average molecular weight is 466 g/mol. The van der Waals surface area contributed by atoms with E-state index in [1.54, 1.807) is 35.4 Å². The van der Waals surface area contributed by atoms with Crippen LogP contribution < -0.4 is 15.2 Å². The van der Waals surface area contributed by atoms with Gasteiger partial charge in [-0.25, -0.2) is 4.39 Å². The zero-order chi connectivity index (χ0) is 23.2. The van der Waals surface area contributed by atoms with Crippen molar-refractivity contribution in [2.45, 2.75) is 4.87 Å². The summed E-state index contributed by atoms with van der Waals surface area (Å²) in [6.45, 7) is 0.513. The Morgan fingerprint density at radius 1 is 1.06 bits per heavy atom. The minimum Gasteiger partial charge on any atom is -0.502 e. The Morgan fingerprint density at radius 3 is 2.70 bits per heavy atom. The number of rotatable bonds is 1. The number of ether oxygens (including phenoxy) is 1. The molecular formula is C24H20FN3O4S. The first-order valence-corrected chi connectivity index (χ1v) is 10.7. The molecule has 7 nitrogen and oxygen atoms in total. The van der Waals surface area contributed by atoms with Crippen LogP contribution in [0.1, 0.15) is 21.6 Å². The zero-order valence-electron chi connectivity index (χ0n) is 17.4. The van der Waals surface area contributed by atoms with E-state index < -0.39 is 27.8 Å². The van der Waals surface area contributed by atoms with E-state index in [9.17, 15) is 19.1 Å². The van der Waals surface area contributed by atoms with Gasteiger partial charge in [0.15, 0.2) is 16.3 Å². The number of carbonyl (C=O) groups excluding carboxylic acids is 1. The van der Waals surface area contributed by atoms with E-state index in [1.807, 2.05) is 18.2 Å². The summed E-state index contributed by atoms with van der Waals surface area (Å²) in [6.07, 6.45) is 4.98. The van der Waals surface area contributed by atoms with Crippen LogP contribution >= 0.6 is 12.6 Å². The van der Waals surface area contributed by atoms with Crippen LogP contribution in [0.15, 0.2) is 77.7 Å². The van der Waals surface area contributed by atoms with Gasteiger partial charge in [0, 0.05) is 24.4 Å². The molecule has 0 saturated heterocycles. The quantitative estimate of drug-likeness (QED) is 0.427. The van der Waals surface area contributed by atoms with E-state index in [4.69, 9.17) is 17.4 Å². The van der Waals surface area contributed by atoms with Crippen molar-refractivity contribution in [2.24, 2.45) is 0 Å². The molecule has 168 valence electrons. The normalized spacial score (nSPS) is 20.8. The van der Waals surface area contributed by atoms with Gasteiger partial charge >= 0.3 is 0 Å². The highest BCUT2D eigenvalue weighted by Gasteiger charge is 2.45. The highest BCUT2D eigenvalue weighted by molar-refractivity contribution is 7.81. The third-order valence-electron chi connectivity index (χ3n) is 5.80. The minimum atomic E-state index is -1.35. The molecule has 0 saturated carbocycles. The summed E-state index contributed by atoms with van der Waals surface area (Å²) in [4.78, 5) is 25.6. The molecule has 1 aromatic heterocycles. The first-order chi connectivity index (χ1) is 15.9. The largest absolute Gasteiger partial charge is 0.502 e. The molecule has 0 radical (unpaired) electrons. The molecule has 0 spiro atoms. The molecule has 33 heavy (non-hydrogen) atoms. The van der Waals surface area contributed by atoms with Crippen LogP contribution in [-0.4, -0.2) is 40.4 Å². The van der Waals surface area contributed by atoms with Crippen molar-refractivity contribution >= 4 is 18.5 Å². The van der Waals surface area contributed by atoms with Gasteiger partial charge in [-0.05, 0) is 29.8 Å². The molecule has 2 aliphatic heterocycles. The lowest BCUT2D eigenvalue weighted by atomic mass is 9.95. The van der Waals surface area contributed by atoms with Crippen LogP contribution in [0.2, 0.25) is 0 Å². The number of aromatic hydroxyl groups is 1. The Labute approximate surface area is 194 Å². The summed E-state index contributed by atoms with van der Waals surface area (Å²) >= 11 is 5.11. The molecule has 9 heteroatoms. The maximum Gasteiger partial charge on any atom is 0.278 e. The number of fused-ring (bicyclic) bond motifs is 5. The maximum atomic E-state index is 14.4. The molecule has 0 unspecified atom stereocenters. The number of para-hydroxylation sites is 1. The number of hydrogen-bond donors (Lipinski definition) is 2. The van der Waals surface area contributed by atoms with Crippen LogP contribution in [0, 0.1) is 5.82 Å². The number of amides is 1. The number of hydrogen-bond acceptors (Lipinski definition) is 6. The number of thiol groups is 1. The zero-order valence-corrected chi connectivity index (χ0v) is 18.3. The predicted molar refractivity (Wildman–Crippen MR) is 124 cm³/mol. The van der Waals surface area contributed by atoms with Crippen molar-refractivity contribution < 1.29 is 19.0 Å². The van der Waals surface area contributed by atoms with Crippen LogP contribution in [0.3, 0.4) is 0 Å². The summed E-state index contributed by atoms with van der Waals surface area (Å²) in [5, 5.41) is 12.3. The molecular weight excluding hydrogens is 445 g/mol. The van der Waals surface area contributed by atoms with Crippen molar-refractivity contribution in [3.63, 3.8) is 0 Å². The van der Waals surface area contributed by atoms with Crippen LogP contribution in [0.4, 0.5) is 4.39 Å². The lowest BCUT2D eigenvalue weighted by Gasteiger charge is -2.48. The number of aromatic nitrogens is 1. The number of carbonyl (C=O) groups is 1. The molecule has 2 bridgehead atoms. The predicted octanol–water partition coefficient (Wildman–Crippen LogP) is 2.82. The van der Waals surface area contributed by atoms with Gasteiger partial charge in [0.1, 0.15) is 24.8 Å². The lowest BCUT2D eigenvalue weighted by molar-refractivity contribution is 0.0697. The molecule has 1 amide bonds. The monoisotopic (exact) mass is 465 g/mol. The van der Waals surface area contributed by atoms with Gasteiger partial charge in [-0.3, -0.25) is 19.3 Å². The van der Waals surface area contributed by atoms with E-state index in [-0.39, 0.29) is 25.5 Å². The number of pyridine rings is 1. The van der Waals surface area contributed by atoms with Gasteiger partial charge in [-0.2, -0.15) is 0 Å². The van der Waals surface area contributed by atoms with Crippen molar-refractivity contribution in [1.29, 1.82) is 0 Å². The fourth-order valence-electron chi connectivity index (χ4n) is 4.20. The van der Waals surface area contributed by atoms with Gasteiger partial charge in [-0.1, -0.05) is 36.4 Å². The second kappa shape index (κ2) is 8.00. The second-order valence-corrected chi connectivity index (χ2v) is 8.40. The SMILES string of the molecule is O=C1c2c(O)c(=O)ccn2N2CN1C/C=C\COc1ccccc1[C@@]2(S)c1cccc(F)c1. The van der Waals surface area contributed by atoms with Crippen LogP contribution in [0.25, 0.3) is 0 Å². The highest BCUT2D eigenvalue weighted by Crippen LogP contribution is 2.45. The summed E-state index contributed by atoms with van der Waals surface area (Å²) in [5.41, 5.74) is 0.227. The molecule has 5 rings (SSSR count). The van der Waals surface area contributed by atoms with Crippen molar-refractivity contribution in [3.05, 3.63) is 106 Å². The lowest BCUT2D eigenvalue weighted by Crippen LogP contribution is -2.61. The maximum absolute atomic E-state index is 14.4. The molecule has 3 aromatic rings. The Morgan fingerprint density at radius 2 is 1.88 bits per heavy atom. The molecule has 3 heterocycles. The third-order valence-corrected chi connectivity index (χ3v) is 6.53. The molecule has 0 fully saturated rings. The van der Waals surface area contributed by atoms with Gasteiger partial charge in [0.2, 0.25) is 5.43 Å². The van der Waals surface area contributed by atoms with Gasteiger partial charge in [-0.15, -0.1) is 12.6 Å². The number of benzene rings is 2. The number of nitrogens with zero attached hydrogens (tertiary/aromatic N) is 3. The van der Waals surface area contributed by atoms with E-state index >= 15 is 0 Å². The standard InChI is InChI=1S/C24H20FN3O4S/c25-17-7-5-6-16(14-17)24(33)18-8-1-2-9-20(18)32-13-4-3-11-26-15-28(24)27-12-10-19(29)22(30)21(27)23(26)31/h1-10,12,14,30,33H,11,13,15H2/b4-3-/t24-/m0/s1. The van der Waals surface area contributed by atoms with E-state index in [1.165, 1.54) is 34.0 Å². The Kier molecular flexibility index (Phi) is 5.13. The average Bonchev–Trinajstić information content (AvgIpc) is 2.84. The van der Waals surface area contributed by atoms with E-state index in [2.05, 4.69) is 0 Å². The first kappa shape index (κ1) is 21.1. The molecule has 2 aromatic carbocycles. The minimum absolute atomic E-state index is 0.0484. The number of halogens is 1. The second-order valence-electron chi connectivity index (χ2n) is 7.75. The Bertz CT molecular complexity index is 1340. The first-order valence-electron chi connectivity index (χ1n) is 10.3. The highest BCUT2D eigenvalue weighted by atomic mass is 32.1. The molecule has 1 atom stereocenters. The Hall–Kier alpha value is -3.72. The smallest absolute Gasteiger partial charge is 0.278 e. The van der Waals surface area contributed by atoms with Gasteiger partial charge in [0.25, 0.3) is 5.91 Å².